The predicted molar refractivity (Wildman–Crippen MR) is 104 cm³/mol. The van der Waals surface area contributed by atoms with Gasteiger partial charge in [-0.2, -0.15) is 11.8 Å². The first-order valence-corrected chi connectivity index (χ1v) is 10.9. The Morgan fingerprint density at radius 2 is 1.89 bits per heavy atom. The molecule has 3 N–H and O–H groups in total. The second-order valence-corrected chi connectivity index (χ2v) is 8.38. The largest absolute Gasteiger partial charge is 0.459 e. The van der Waals surface area contributed by atoms with Crippen LogP contribution >= 0.6 is 11.8 Å². The van der Waals surface area contributed by atoms with Gasteiger partial charge in [-0.05, 0) is 61.9 Å². The maximum atomic E-state index is 12.6. The number of rotatable bonds is 9. The Balaban J connectivity index is 2.07. The Labute approximate surface area is 162 Å². The van der Waals surface area contributed by atoms with Crippen LogP contribution in [0.4, 0.5) is 5.69 Å². The number of sulfonamides is 1. The lowest BCUT2D eigenvalue weighted by Gasteiger charge is -2.17. The molecule has 1 aromatic carbocycles. The predicted octanol–water partition coefficient (Wildman–Crippen LogP) is 1.68. The van der Waals surface area contributed by atoms with Crippen LogP contribution in [0.25, 0.3) is 0 Å². The Kier molecular flexibility index (Phi) is 7.45. The zero-order valence-corrected chi connectivity index (χ0v) is 16.5. The topological polar surface area (TPSA) is 118 Å². The molecule has 0 saturated carbocycles. The molecule has 1 heterocycles. The summed E-state index contributed by atoms with van der Waals surface area (Å²) in [7, 11) is -2.22. The van der Waals surface area contributed by atoms with Crippen LogP contribution in [0.15, 0.2) is 52.0 Å². The van der Waals surface area contributed by atoms with E-state index >= 15 is 0 Å². The second-order valence-electron chi connectivity index (χ2n) is 5.51. The van der Waals surface area contributed by atoms with Crippen molar-refractivity contribution < 1.29 is 22.4 Å². The molecule has 27 heavy (non-hydrogen) atoms. The molecule has 2 rings (SSSR count). The molecule has 1 atom stereocenters. The van der Waals surface area contributed by atoms with Crippen LogP contribution in [0.2, 0.25) is 0 Å². The monoisotopic (exact) mass is 411 g/mol. The van der Waals surface area contributed by atoms with E-state index in [-0.39, 0.29) is 10.7 Å². The minimum Gasteiger partial charge on any atom is -0.459 e. The molecule has 10 heteroatoms. The minimum absolute atomic E-state index is 0.0908. The van der Waals surface area contributed by atoms with Gasteiger partial charge in [0, 0.05) is 5.69 Å². The molecule has 0 unspecified atom stereocenters. The van der Waals surface area contributed by atoms with Gasteiger partial charge in [-0.3, -0.25) is 9.59 Å². The molecule has 0 fully saturated rings. The van der Waals surface area contributed by atoms with Crippen LogP contribution in [0.1, 0.15) is 17.0 Å². The molecule has 2 amide bonds. The van der Waals surface area contributed by atoms with Gasteiger partial charge >= 0.3 is 0 Å². The maximum Gasteiger partial charge on any atom is 0.287 e. The lowest BCUT2D eigenvalue weighted by Crippen LogP contribution is -2.44. The summed E-state index contributed by atoms with van der Waals surface area (Å²) in [5.74, 6) is -0.0703. The molecule has 146 valence electrons. The lowest BCUT2D eigenvalue weighted by atomic mass is 10.2. The van der Waals surface area contributed by atoms with Gasteiger partial charge in [-0.25, -0.2) is 13.1 Å². The first-order valence-electron chi connectivity index (χ1n) is 8.05. The standard InChI is InChI=1S/C17H21N3O5S2/c1-18-27(23,24)13-7-5-12(6-8-13)19-16(21)14(9-11-26-2)20-17(22)15-4-3-10-25-15/h3-8,10,14,18H,9,11H2,1-2H3,(H,19,21)(H,20,22)/t14-/m0/s1. The van der Waals surface area contributed by atoms with E-state index in [1.54, 1.807) is 17.8 Å². The number of amides is 2. The van der Waals surface area contributed by atoms with Crippen molar-refractivity contribution in [1.29, 1.82) is 0 Å². The minimum atomic E-state index is -3.55. The van der Waals surface area contributed by atoms with E-state index in [1.165, 1.54) is 43.6 Å². The average molecular weight is 412 g/mol. The van der Waals surface area contributed by atoms with E-state index in [9.17, 15) is 18.0 Å². The van der Waals surface area contributed by atoms with Crippen molar-refractivity contribution in [2.75, 3.05) is 24.4 Å². The van der Waals surface area contributed by atoms with Crippen LogP contribution in [-0.4, -0.2) is 45.3 Å². The zero-order valence-electron chi connectivity index (χ0n) is 14.9. The fourth-order valence-corrected chi connectivity index (χ4v) is 3.41. The van der Waals surface area contributed by atoms with Crippen molar-refractivity contribution in [3.8, 4) is 0 Å². The number of furan rings is 1. The van der Waals surface area contributed by atoms with Gasteiger partial charge in [0.05, 0.1) is 11.2 Å². The summed E-state index contributed by atoms with van der Waals surface area (Å²) in [6, 6.07) is 8.10. The highest BCUT2D eigenvalue weighted by Crippen LogP contribution is 2.15. The van der Waals surface area contributed by atoms with Crippen LogP contribution in [0.5, 0.6) is 0 Å². The molecular weight excluding hydrogens is 390 g/mol. The van der Waals surface area contributed by atoms with Crippen molar-refractivity contribution in [3.05, 3.63) is 48.4 Å². The van der Waals surface area contributed by atoms with E-state index in [0.29, 0.717) is 17.9 Å². The number of nitrogens with one attached hydrogen (secondary N) is 3. The van der Waals surface area contributed by atoms with Gasteiger partial charge < -0.3 is 15.1 Å². The maximum absolute atomic E-state index is 12.6. The molecule has 0 saturated heterocycles. The molecule has 0 bridgehead atoms. The molecule has 8 nitrogen and oxygen atoms in total. The average Bonchev–Trinajstić information content (AvgIpc) is 3.20. The molecule has 0 aliphatic carbocycles. The van der Waals surface area contributed by atoms with Crippen LogP contribution in [0.3, 0.4) is 0 Å². The molecule has 0 aliphatic heterocycles. The summed E-state index contributed by atoms with van der Waals surface area (Å²) in [5.41, 5.74) is 0.427. The summed E-state index contributed by atoms with van der Waals surface area (Å²) in [6.45, 7) is 0. The Morgan fingerprint density at radius 3 is 2.44 bits per heavy atom. The van der Waals surface area contributed by atoms with E-state index in [0.717, 1.165) is 0 Å². The molecule has 1 aromatic heterocycles. The first kappa shape index (κ1) is 21.0. The van der Waals surface area contributed by atoms with Crippen molar-refractivity contribution in [1.82, 2.24) is 10.0 Å². The fraction of sp³-hybridized carbons (Fsp3) is 0.294. The Hall–Kier alpha value is -2.30. The van der Waals surface area contributed by atoms with Crippen molar-refractivity contribution in [2.45, 2.75) is 17.4 Å². The van der Waals surface area contributed by atoms with Crippen molar-refractivity contribution in [3.63, 3.8) is 0 Å². The van der Waals surface area contributed by atoms with E-state index in [1.807, 2.05) is 6.26 Å². The molecule has 2 aromatic rings. The highest BCUT2D eigenvalue weighted by atomic mass is 32.2. The third-order valence-corrected chi connectivity index (χ3v) is 5.75. The van der Waals surface area contributed by atoms with Crippen LogP contribution in [0, 0.1) is 0 Å². The molecule has 0 spiro atoms. The summed E-state index contributed by atoms with van der Waals surface area (Å²) in [5, 5.41) is 5.34. The van der Waals surface area contributed by atoms with Crippen LogP contribution < -0.4 is 15.4 Å². The highest BCUT2D eigenvalue weighted by Gasteiger charge is 2.22. The SMILES string of the molecule is CNS(=O)(=O)c1ccc(NC(=O)[C@H](CCSC)NC(=O)c2ccco2)cc1. The summed E-state index contributed by atoms with van der Waals surface area (Å²) in [6.07, 6.45) is 3.72. The molecular formula is C17H21N3O5S2. The van der Waals surface area contributed by atoms with Crippen LogP contribution in [-0.2, 0) is 14.8 Å². The Morgan fingerprint density at radius 1 is 1.19 bits per heavy atom. The van der Waals surface area contributed by atoms with Crippen molar-refractivity contribution >= 4 is 39.3 Å². The number of hydrogen-bond acceptors (Lipinski definition) is 6. The van der Waals surface area contributed by atoms with Crippen molar-refractivity contribution in [2.24, 2.45) is 0 Å². The van der Waals surface area contributed by atoms with E-state index in [2.05, 4.69) is 15.4 Å². The summed E-state index contributed by atoms with van der Waals surface area (Å²) >= 11 is 1.56. The second kappa shape index (κ2) is 9.58. The fourth-order valence-electron chi connectivity index (χ4n) is 2.21. The number of thioether (sulfide) groups is 1. The smallest absolute Gasteiger partial charge is 0.287 e. The van der Waals surface area contributed by atoms with Gasteiger partial charge in [-0.1, -0.05) is 0 Å². The van der Waals surface area contributed by atoms with Gasteiger partial charge in [0.25, 0.3) is 5.91 Å². The van der Waals surface area contributed by atoms with E-state index < -0.39 is 27.9 Å². The number of carbonyl (C=O) groups is 2. The summed E-state index contributed by atoms with van der Waals surface area (Å²) in [4.78, 5) is 24.8. The number of anilines is 1. The van der Waals surface area contributed by atoms with E-state index in [4.69, 9.17) is 4.42 Å². The quantitative estimate of drug-likeness (QED) is 0.578. The van der Waals surface area contributed by atoms with Gasteiger partial charge in [-0.15, -0.1) is 0 Å². The number of benzene rings is 1. The molecule has 0 aliphatic rings. The normalized spacial score (nSPS) is 12.4. The summed E-state index contributed by atoms with van der Waals surface area (Å²) < 4.78 is 30.7. The van der Waals surface area contributed by atoms with Gasteiger partial charge in [0.2, 0.25) is 15.9 Å². The van der Waals surface area contributed by atoms with Gasteiger partial charge in [0.15, 0.2) is 5.76 Å². The third kappa shape index (κ3) is 5.84. The highest BCUT2D eigenvalue weighted by molar-refractivity contribution is 7.98. The van der Waals surface area contributed by atoms with Gasteiger partial charge in [0.1, 0.15) is 6.04 Å². The zero-order chi connectivity index (χ0) is 19.9. The Bertz CT molecular complexity index is 864. The first-order chi connectivity index (χ1) is 12.9. The molecule has 0 radical (unpaired) electrons. The third-order valence-electron chi connectivity index (χ3n) is 3.68. The lowest BCUT2D eigenvalue weighted by molar-refractivity contribution is -0.118. The number of carbonyl (C=O) groups excluding carboxylic acids is 2. The number of hydrogen-bond donors (Lipinski definition) is 3.